The van der Waals surface area contributed by atoms with Gasteiger partial charge in [0.05, 0.1) is 12.5 Å². The zero-order valence-corrected chi connectivity index (χ0v) is 11.3. The Balaban J connectivity index is 2.74. The van der Waals surface area contributed by atoms with E-state index in [1.807, 2.05) is 6.07 Å². The maximum Gasteiger partial charge on any atom is 0.317 e. The Kier molecular flexibility index (Phi) is 5.79. The van der Waals surface area contributed by atoms with Crippen LogP contribution in [0.15, 0.2) is 24.3 Å². The summed E-state index contributed by atoms with van der Waals surface area (Å²) in [5.74, 6) is -2.56. The molecule has 0 amide bonds. The molecule has 0 aliphatic rings. The smallest absolute Gasteiger partial charge is 0.317 e. The van der Waals surface area contributed by atoms with Crippen molar-refractivity contribution in [3.8, 4) is 0 Å². The number of hydrogen-bond acceptors (Lipinski definition) is 3. The standard InChI is InChI=1S/C13H16ClNO4/c1-9(13(18)19)6-15(8-12(16)17)7-10-3-2-4-11(14)5-10/h2-5,9H,6-8H2,1H3,(H,16,17)(H,18,19). The number of carboxylic acid groups (broad SMARTS) is 2. The Bertz CT molecular complexity index is 464. The fraction of sp³-hybridized carbons (Fsp3) is 0.385. The minimum atomic E-state index is -0.986. The van der Waals surface area contributed by atoms with Crippen LogP contribution in [-0.4, -0.2) is 40.1 Å². The minimum absolute atomic E-state index is 0.175. The van der Waals surface area contributed by atoms with E-state index in [4.69, 9.17) is 21.8 Å². The monoisotopic (exact) mass is 285 g/mol. The third kappa shape index (κ3) is 5.72. The average Bonchev–Trinajstić information content (AvgIpc) is 2.27. The van der Waals surface area contributed by atoms with Crippen molar-refractivity contribution in [2.24, 2.45) is 5.92 Å². The second-order valence-electron chi connectivity index (χ2n) is 4.43. The fourth-order valence-corrected chi connectivity index (χ4v) is 1.95. The number of benzene rings is 1. The predicted molar refractivity (Wildman–Crippen MR) is 71.2 cm³/mol. The number of nitrogens with zero attached hydrogens (tertiary/aromatic N) is 1. The van der Waals surface area contributed by atoms with E-state index in [-0.39, 0.29) is 13.1 Å². The first-order valence-electron chi connectivity index (χ1n) is 5.80. The van der Waals surface area contributed by atoms with Crippen LogP contribution in [0.1, 0.15) is 12.5 Å². The lowest BCUT2D eigenvalue weighted by Gasteiger charge is -2.22. The van der Waals surface area contributed by atoms with Gasteiger partial charge in [0.25, 0.3) is 0 Å². The van der Waals surface area contributed by atoms with Crippen LogP contribution in [0.5, 0.6) is 0 Å². The molecule has 1 aromatic rings. The van der Waals surface area contributed by atoms with Gasteiger partial charge in [0.1, 0.15) is 0 Å². The molecule has 1 atom stereocenters. The topological polar surface area (TPSA) is 77.8 Å². The zero-order valence-electron chi connectivity index (χ0n) is 10.5. The van der Waals surface area contributed by atoms with E-state index >= 15 is 0 Å². The number of aliphatic carboxylic acids is 2. The van der Waals surface area contributed by atoms with Gasteiger partial charge in [-0.15, -0.1) is 0 Å². The van der Waals surface area contributed by atoms with Gasteiger partial charge in [-0.2, -0.15) is 0 Å². The summed E-state index contributed by atoms with van der Waals surface area (Å²) >= 11 is 5.86. The van der Waals surface area contributed by atoms with E-state index in [9.17, 15) is 9.59 Å². The van der Waals surface area contributed by atoms with Crippen molar-refractivity contribution in [3.05, 3.63) is 34.9 Å². The summed E-state index contributed by atoms with van der Waals surface area (Å²) in [5, 5.41) is 18.3. The summed E-state index contributed by atoms with van der Waals surface area (Å²) < 4.78 is 0. The molecule has 0 fully saturated rings. The lowest BCUT2D eigenvalue weighted by atomic mass is 10.1. The van der Waals surface area contributed by atoms with E-state index in [0.29, 0.717) is 11.6 Å². The van der Waals surface area contributed by atoms with Gasteiger partial charge in [0, 0.05) is 18.1 Å². The number of carbonyl (C=O) groups is 2. The molecule has 1 aromatic carbocycles. The molecule has 6 heteroatoms. The molecular weight excluding hydrogens is 270 g/mol. The molecule has 0 aromatic heterocycles. The van der Waals surface area contributed by atoms with Crippen LogP contribution in [-0.2, 0) is 16.1 Å². The molecule has 104 valence electrons. The minimum Gasteiger partial charge on any atom is -0.481 e. The van der Waals surface area contributed by atoms with E-state index < -0.39 is 17.9 Å². The van der Waals surface area contributed by atoms with Gasteiger partial charge in [-0.3, -0.25) is 14.5 Å². The van der Waals surface area contributed by atoms with Crippen molar-refractivity contribution in [1.82, 2.24) is 4.90 Å². The summed E-state index contributed by atoms with van der Waals surface area (Å²) in [4.78, 5) is 23.2. The first kappa shape index (κ1) is 15.5. The van der Waals surface area contributed by atoms with Crippen LogP contribution in [0.4, 0.5) is 0 Å². The maximum absolute atomic E-state index is 10.8. The summed E-state index contributed by atoms with van der Waals surface area (Å²) in [5.41, 5.74) is 0.853. The fourth-order valence-electron chi connectivity index (χ4n) is 1.74. The highest BCUT2D eigenvalue weighted by Crippen LogP contribution is 2.13. The Morgan fingerprint density at radius 3 is 2.58 bits per heavy atom. The van der Waals surface area contributed by atoms with E-state index in [2.05, 4.69) is 0 Å². The third-order valence-corrected chi connectivity index (χ3v) is 2.84. The third-order valence-electron chi connectivity index (χ3n) is 2.61. The molecule has 0 aliphatic carbocycles. The van der Waals surface area contributed by atoms with Gasteiger partial charge in [-0.25, -0.2) is 0 Å². The highest BCUT2D eigenvalue weighted by molar-refractivity contribution is 6.30. The first-order chi connectivity index (χ1) is 8.88. The molecule has 0 bridgehead atoms. The lowest BCUT2D eigenvalue weighted by molar-refractivity contribution is -0.144. The molecule has 0 spiro atoms. The first-order valence-corrected chi connectivity index (χ1v) is 6.17. The SMILES string of the molecule is CC(CN(CC(=O)O)Cc1cccc(Cl)c1)C(=O)O. The normalized spacial score (nSPS) is 12.4. The summed E-state index contributed by atoms with van der Waals surface area (Å²) in [6.45, 7) is 1.87. The molecule has 5 nitrogen and oxygen atoms in total. The Morgan fingerprint density at radius 2 is 2.05 bits per heavy atom. The molecule has 2 N–H and O–H groups in total. The second kappa shape index (κ2) is 7.11. The summed E-state index contributed by atoms with van der Waals surface area (Å²) in [6, 6.07) is 7.07. The number of halogens is 1. The predicted octanol–water partition coefficient (Wildman–Crippen LogP) is 1.95. The van der Waals surface area contributed by atoms with Crippen molar-refractivity contribution in [1.29, 1.82) is 0 Å². The van der Waals surface area contributed by atoms with Gasteiger partial charge in [-0.05, 0) is 17.7 Å². The molecule has 0 saturated heterocycles. The van der Waals surface area contributed by atoms with Gasteiger partial charge in [0.2, 0.25) is 0 Å². The Hall–Kier alpha value is -1.59. The van der Waals surface area contributed by atoms with Crippen LogP contribution >= 0.6 is 11.6 Å². The highest BCUT2D eigenvalue weighted by Gasteiger charge is 2.18. The number of rotatable bonds is 7. The molecule has 0 heterocycles. The average molecular weight is 286 g/mol. The van der Waals surface area contributed by atoms with Crippen LogP contribution < -0.4 is 0 Å². The van der Waals surface area contributed by atoms with Crippen molar-refractivity contribution in [2.45, 2.75) is 13.5 Å². The van der Waals surface area contributed by atoms with Crippen LogP contribution in [0.25, 0.3) is 0 Å². The van der Waals surface area contributed by atoms with Crippen LogP contribution in [0, 0.1) is 5.92 Å². The van der Waals surface area contributed by atoms with Gasteiger partial charge >= 0.3 is 11.9 Å². The number of carboxylic acids is 2. The van der Waals surface area contributed by atoms with Crippen LogP contribution in [0.2, 0.25) is 5.02 Å². The number of hydrogen-bond donors (Lipinski definition) is 2. The molecule has 0 radical (unpaired) electrons. The van der Waals surface area contributed by atoms with Crippen molar-refractivity contribution in [2.75, 3.05) is 13.1 Å². The van der Waals surface area contributed by atoms with Crippen molar-refractivity contribution in [3.63, 3.8) is 0 Å². The highest BCUT2D eigenvalue weighted by atomic mass is 35.5. The molecule has 1 unspecified atom stereocenters. The van der Waals surface area contributed by atoms with Gasteiger partial charge in [0.15, 0.2) is 0 Å². The molecule has 19 heavy (non-hydrogen) atoms. The molecule has 1 rings (SSSR count). The van der Waals surface area contributed by atoms with Crippen molar-refractivity contribution < 1.29 is 19.8 Å². The Labute approximate surface area is 116 Å². The largest absolute Gasteiger partial charge is 0.481 e. The summed E-state index contributed by atoms with van der Waals surface area (Å²) in [6.07, 6.45) is 0. The molecule has 0 aliphatic heterocycles. The lowest BCUT2D eigenvalue weighted by Crippen LogP contribution is -2.35. The molecular formula is C13H16ClNO4. The Morgan fingerprint density at radius 1 is 1.37 bits per heavy atom. The van der Waals surface area contributed by atoms with E-state index in [1.165, 1.54) is 0 Å². The second-order valence-corrected chi connectivity index (χ2v) is 4.87. The van der Waals surface area contributed by atoms with Crippen LogP contribution in [0.3, 0.4) is 0 Å². The summed E-state index contributed by atoms with van der Waals surface area (Å²) in [7, 11) is 0. The zero-order chi connectivity index (χ0) is 14.4. The van der Waals surface area contributed by atoms with Gasteiger partial charge in [-0.1, -0.05) is 30.7 Å². The van der Waals surface area contributed by atoms with E-state index in [1.54, 1.807) is 30.0 Å². The quantitative estimate of drug-likeness (QED) is 0.800. The maximum atomic E-state index is 10.8. The van der Waals surface area contributed by atoms with Crippen molar-refractivity contribution >= 4 is 23.5 Å². The van der Waals surface area contributed by atoms with E-state index in [0.717, 1.165) is 5.56 Å². The van der Waals surface area contributed by atoms with Gasteiger partial charge < -0.3 is 10.2 Å². The molecule has 0 saturated carbocycles.